The van der Waals surface area contributed by atoms with Crippen LogP contribution in [0.5, 0.6) is 0 Å². The fraction of sp³-hybridized carbons (Fsp3) is 0.227. The molecule has 0 saturated heterocycles. The van der Waals surface area contributed by atoms with E-state index in [9.17, 15) is 19.5 Å². The molecule has 1 atom stereocenters. The second kappa shape index (κ2) is 8.81. The molecule has 2 aromatic heterocycles. The summed E-state index contributed by atoms with van der Waals surface area (Å²) in [5.74, 6) is -1.58. The average Bonchev–Trinajstić information content (AvgIpc) is 3.47. The first-order valence-corrected chi connectivity index (χ1v) is 11.3. The van der Waals surface area contributed by atoms with Crippen molar-refractivity contribution in [3.05, 3.63) is 68.5 Å². The number of amides is 2. The van der Waals surface area contributed by atoms with Crippen molar-refractivity contribution in [2.75, 3.05) is 16.8 Å². The van der Waals surface area contributed by atoms with Gasteiger partial charge >= 0.3 is 5.97 Å². The van der Waals surface area contributed by atoms with Gasteiger partial charge in [0.2, 0.25) is 5.91 Å². The third-order valence-electron chi connectivity index (χ3n) is 5.04. The van der Waals surface area contributed by atoms with Crippen LogP contribution in [0, 0.1) is 0 Å². The first kappa shape index (κ1) is 20.3. The maximum atomic E-state index is 12.8. The minimum atomic E-state index is -0.929. The molecule has 1 unspecified atom stereocenters. The van der Waals surface area contributed by atoms with Gasteiger partial charge in [0, 0.05) is 35.1 Å². The monoisotopic (exact) mass is 440 g/mol. The summed E-state index contributed by atoms with van der Waals surface area (Å²) < 4.78 is 0. The van der Waals surface area contributed by atoms with Crippen LogP contribution in [0.2, 0.25) is 0 Å². The van der Waals surface area contributed by atoms with Crippen molar-refractivity contribution in [3.8, 4) is 0 Å². The highest BCUT2D eigenvalue weighted by molar-refractivity contribution is 7.12. The van der Waals surface area contributed by atoms with Gasteiger partial charge < -0.3 is 15.3 Å². The highest BCUT2D eigenvalue weighted by atomic mass is 32.1. The van der Waals surface area contributed by atoms with E-state index in [0.717, 1.165) is 22.5 Å². The Morgan fingerprint density at radius 1 is 1.07 bits per heavy atom. The first-order chi connectivity index (χ1) is 14.5. The molecule has 2 amide bonds. The molecule has 0 bridgehead atoms. The SMILES string of the molecule is O=C(O)CC(CC(=O)Nc1ccc2c(c1)N(C(=O)c1cccs1)CC2)c1cccs1. The van der Waals surface area contributed by atoms with Gasteiger partial charge in [-0.3, -0.25) is 14.4 Å². The number of anilines is 2. The highest BCUT2D eigenvalue weighted by Crippen LogP contribution is 2.33. The second-order valence-electron chi connectivity index (χ2n) is 7.09. The van der Waals surface area contributed by atoms with E-state index in [0.29, 0.717) is 17.1 Å². The quantitative estimate of drug-likeness (QED) is 0.562. The van der Waals surface area contributed by atoms with E-state index in [1.54, 1.807) is 4.90 Å². The van der Waals surface area contributed by atoms with E-state index in [1.165, 1.54) is 22.7 Å². The van der Waals surface area contributed by atoms with Crippen LogP contribution in [0.3, 0.4) is 0 Å². The lowest BCUT2D eigenvalue weighted by atomic mass is 9.99. The van der Waals surface area contributed by atoms with Gasteiger partial charge in [0.05, 0.1) is 11.3 Å². The first-order valence-electron chi connectivity index (χ1n) is 9.54. The molecule has 1 aromatic carbocycles. The molecule has 6 nitrogen and oxygen atoms in total. The van der Waals surface area contributed by atoms with Crippen LogP contribution in [-0.2, 0) is 16.0 Å². The molecule has 1 aliphatic rings. The van der Waals surface area contributed by atoms with E-state index >= 15 is 0 Å². The summed E-state index contributed by atoms with van der Waals surface area (Å²) in [5.41, 5.74) is 2.48. The van der Waals surface area contributed by atoms with Crippen molar-refractivity contribution in [2.24, 2.45) is 0 Å². The van der Waals surface area contributed by atoms with Crippen LogP contribution in [0.1, 0.15) is 38.9 Å². The minimum absolute atomic E-state index is 0.0357. The van der Waals surface area contributed by atoms with Crippen molar-refractivity contribution < 1.29 is 19.5 Å². The third-order valence-corrected chi connectivity index (χ3v) is 6.93. The Morgan fingerprint density at radius 3 is 2.57 bits per heavy atom. The Morgan fingerprint density at radius 2 is 1.87 bits per heavy atom. The summed E-state index contributed by atoms with van der Waals surface area (Å²) >= 11 is 2.86. The van der Waals surface area contributed by atoms with E-state index < -0.39 is 5.97 Å². The molecule has 154 valence electrons. The van der Waals surface area contributed by atoms with Gasteiger partial charge in [-0.25, -0.2) is 0 Å². The normalized spacial score (nSPS) is 13.7. The van der Waals surface area contributed by atoms with Gasteiger partial charge in [-0.05, 0) is 47.0 Å². The maximum absolute atomic E-state index is 12.8. The van der Waals surface area contributed by atoms with Crippen molar-refractivity contribution >= 4 is 51.8 Å². The lowest BCUT2D eigenvalue weighted by molar-refractivity contribution is -0.137. The summed E-state index contributed by atoms with van der Waals surface area (Å²) in [5, 5.41) is 15.8. The molecule has 0 radical (unpaired) electrons. The molecule has 0 saturated carbocycles. The molecule has 3 aromatic rings. The average molecular weight is 441 g/mol. The largest absolute Gasteiger partial charge is 0.481 e. The zero-order valence-corrected chi connectivity index (χ0v) is 17.7. The smallest absolute Gasteiger partial charge is 0.304 e. The number of carboxylic acids is 1. The number of hydrogen-bond donors (Lipinski definition) is 2. The number of carbonyl (C=O) groups is 3. The number of hydrogen-bond acceptors (Lipinski definition) is 5. The molecule has 0 aliphatic carbocycles. The van der Waals surface area contributed by atoms with E-state index in [1.807, 2.05) is 53.2 Å². The predicted molar refractivity (Wildman–Crippen MR) is 119 cm³/mol. The molecule has 0 spiro atoms. The van der Waals surface area contributed by atoms with Crippen LogP contribution in [0.25, 0.3) is 0 Å². The molecular weight excluding hydrogens is 420 g/mol. The molecule has 1 aliphatic heterocycles. The van der Waals surface area contributed by atoms with Gasteiger partial charge in [-0.15, -0.1) is 22.7 Å². The van der Waals surface area contributed by atoms with Crippen LogP contribution < -0.4 is 10.2 Å². The zero-order valence-electron chi connectivity index (χ0n) is 16.0. The Labute approximate surface area is 181 Å². The Kier molecular flexibility index (Phi) is 5.96. The third kappa shape index (κ3) is 4.44. The lowest BCUT2D eigenvalue weighted by Crippen LogP contribution is -2.28. The van der Waals surface area contributed by atoms with Gasteiger partial charge in [0.15, 0.2) is 0 Å². The van der Waals surface area contributed by atoms with Crippen LogP contribution in [-0.4, -0.2) is 29.4 Å². The number of rotatable bonds is 7. The number of aliphatic carboxylic acids is 1. The Hall–Kier alpha value is -2.97. The molecule has 3 heterocycles. The zero-order chi connectivity index (χ0) is 21.1. The summed E-state index contributed by atoms with van der Waals surface area (Å²) in [6.07, 6.45) is 0.767. The van der Waals surface area contributed by atoms with Crippen molar-refractivity contribution in [2.45, 2.75) is 25.2 Å². The van der Waals surface area contributed by atoms with Gasteiger partial charge in [-0.1, -0.05) is 18.2 Å². The Balaban J connectivity index is 1.47. The number of nitrogens with zero attached hydrogens (tertiary/aromatic N) is 1. The molecule has 0 fully saturated rings. The second-order valence-corrected chi connectivity index (χ2v) is 9.02. The number of nitrogens with one attached hydrogen (secondary N) is 1. The van der Waals surface area contributed by atoms with E-state index in [2.05, 4.69) is 5.32 Å². The maximum Gasteiger partial charge on any atom is 0.304 e. The van der Waals surface area contributed by atoms with E-state index in [4.69, 9.17) is 0 Å². The number of benzene rings is 1. The molecular formula is C22H20N2O4S2. The van der Waals surface area contributed by atoms with Crippen molar-refractivity contribution in [1.82, 2.24) is 0 Å². The Bertz CT molecular complexity index is 1060. The van der Waals surface area contributed by atoms with Gasteiger partial charge in [-0.2, -0.15) is 0 Å². The molecule has 4 rings (SSSR count). The van der Waals surface area contributed by atoms with E-state index in [-0.39, 0.29) is 30.6 Å². The van der Waals surface area contributed by atoms with Crippen LogP contribution in [0.4, 0.5) is 11.4 Å². The molecule has 30 heavy (non-hydrogen) atoms. The van der Waals surface area contributed by atoms with Crippen molar-refractivity contribution in [3.63, 3.8) is 0 Å². The number of thiophene rings is 2. The number of fused-ring (bicyclic) bond motifs is 1. The summed E-state index contributed by atoms with van der Waals surface area (Å²) in [6, 6.07) is 13.0. The van der Waals surface area contributed by atoms with Crippen LogP contribution >= 0.6 is 22.7 Å². The van der Waals surface area contributed by atoms with Gasteiger partial charge in [0.25, 0.3) is 5.91 Å². The standard InChI is InChI=1S/C22H20N2O4S2/c25-20(11-15(12-21(26)27)18-3-1-9-29-18)23-16-6-5-14-7-8-24(17(14)13-16)22(28)19-4-2-10-30-19/h1-6,9-10,13,15H,7-8,11-12H2,(H,23,25)(H,26,27). The lowest BCUT2D eigenvalue weighted by Gasteiger charge is -2.18. The summed E-state index contributed by atoms with van der Waals surface area (Å²) in [4.78, 5) is 39.9. The van der Waals surface area contributed by atoms with Crippen LogP contribution in [0.15, 0.2) is 53.2 Å². The highest BCUT2D eigenvalue weighted by Gasteiger charge is 2.27. The summed E-state index contributed by atoms with van der Waals surface area (Å²) in [6.45, 7) is 0.614. The number of carboxylic acid groups (broad SMARTS) is 1. The molecule has 8 heteroatoms. The predicted octanol–water partition coefficient (Wildman–Crippen LogP) is 4.60. The van der Waals surface area contributed by atoms with Crippen molar-refractivity contribution in [1.29, 1.82) is 0 Å². The fourth-order valence-electron chi connectivity index (χ4n) is 3.64. The number of carbonyl (C=O) groups excluding carboxylic acids is 2. The minimum Gasteiger partial charge on any atom is -0.481 e. The molecule has 2 N–H and O–H groups in total. The fourth-order valence-corrected chi connectivity index (χ4v) is 5.15. The topological polar surface area (TPSA) is 86.7 Å². The summed E-state index contributed by atoms with van der Waals surface area (Å²) in [7, 11) is 0. The van der Waals surface area contributed by atoms with Gasteiger partial charge in [0.1, 0.15) is 0 Å².